The topological polar surface area (TPSA) is 27.7 Å². The van der Waals surface area contributed by atoms with Crippen molar-refractivity contribution in [2.24, 2.45) is 5.92 Å². The number of benzene rings is 2. The second-order valence-electron chi connectivity index (χ2n) is 7.84. The van der Waals surface area contributed by atoms with Crippen LogP contribution in [0.3, 0.4) is 0 Å². The first-order valence-electron chi connectivity index (χ1n) is 10.2. The predicted molar refractivity (Wildman–Crippen MR) is 107 cm³/mol. The van der Waals surface area contributed by atoms with Crippen LogP contribution in [-0.4, -0.2) is 19.0 Å². The van der Waals surface area contributed by atoms with E-state index in [1.165, 1.54) is 11.6 Å². The van der Waals surface area contributed by atoms with Crippen LogP contribution < -0.4 is 4.74 Å². The van der Waals surface area contributed by atoms with Crippen molar-refractivity contribution < 1.29 is 23.0 Å². The van der Waals surface area contributed by atoms with E-state index in [9.17, 15) is 8.78 Å². The maximum Gasteiger partial charge on any atom is 0.172 e. The zero-order valence-corrected chi connectivity index (χ0v) is 16.6. The Bertz CT molecular complexity index is 873. The van der Waals surface area contributed by atoms with Gasteiger partial charge in [0.2, 0.25) is 0 Å². The van der Waals surface area contributed by atoms with E-state index in [-0.39, 0.29) is 18.3 Å². The molecule has 1 aliphatic heterocycles. The highest BCUT2D eigenvalue weighted by Gasteiger charge is 2.38. The van der Waals surface area contributed by atoms with E-state index in [0.29, 0.717) is 25.2 Å². The van der Waals surface area contributed by atoms with Crippen LogP contribution in [0.25, 0.3) is 0 Å². The minimum atomic E-state index is -0.533. The average Bonchev–Trinajstić information content (AvgIpc) is 3.18. The molecule has 1 aliphatic carbocycles. The molecule has 0 amide bonds. The molecular weight excluding hydrogens is 374 g/mol. The molecule has 1 unspecified atom stereocenters. The lowest BCUT2D eigenvalue weighted by Crippen LogP contribution is -2.32. The lowest BCUT2D eigenvalue weighted by Gasteiger charge is -2.32. The Morgan fingerprint density at radius 1 is 1.07 bits per heavy atom. The third-order valence-electron chi connectivity index (χ3n) is 5.78. The fraction of sp³-hybridized carbons (Fsp3) is 0.417. The molecule has 1 atom stereocenters. The molecule has 1 spiro atoms. The molecule has 154 valence electrons. The molecule has 2 aliphatic rings. The number of hydrogen-bond acceptors (Lipinski definition) is 3. The third-order valence-corrected chi connectivity index (χ3v) is 5.78. The van der Waals surface area contributed by atoms with E-state index in [1.807, 2.05) is 30.3 Å². The molecule has 2 aromatic carbocycles. The van der Waals surface area contributed by atoms with E-state index in [4.69, 9.17) is 14.2 Å². The van der Waals surface area contributed by atoms with Crippen molar-refractivity contribution in [2.75, 3.05) is 13.2 Å². The van der Waals surface area contributed by atoms with Gasteiger partial charge < -0.3 is 14.2 Å². The Kier molecular flexibility index (Phi) is 5.97. The molecule has 3 nitrogen and oxygen atoms in total. The number of halogens is 2. The summed E-state index contributed by atoms with van der Waals surface area (Å²) in [6, 6.07) is 11.8. The van der Waals surface area contributed by atoms with Crippen LogP contribution in [0, 0.1) is 17.6 Å². The van der Waals surface area contributed by atoms with Gasteiger partial charge in [-0.3, -0.25) is 0 Å². The van der Waals surface area contributed by atoms with Gasteiger partial charge in [0.25, 0.3) is 0 Å². The first-order valence-corrected chi connectivity index (χ1v) is 10.2. The molecule has 0 aromatic heterocycles. The zero-order valence-electron chi connectivity index (χ0n) is 16.6. The average molecular weight is 400 g/mol. The summed E-state index contributed by atoms with van der Waals surface area (Å²) in [5.41, 5.74) is 2.53. The lowest BCUT2D eigenvalue weighted by atomic mass is 9.84. The molecule has 4 rings (SSSR count). The van der Waals surface area contributed by atoms with Crippen molar-refractivity contribution in [3.05, 3.63) is 76.9 Å². The summed E-state index contributed by atoms with van der Waals surface area (Å²) >= 11 is 0. The van der Waals surface area contributed by atoms with Crippen LogP contribution in [0.5, 0.6) is 5.75 Å². The number of ether oxygens (including phenoxy) is 3. The summed E-state index contributed by atoms with van der Waals surface area (Å²) in [6.45, 7) is 3.53. The normalized spacial score (nSPS) is 19.2. The van der Waals surface area contributed by atoms with E-state index >= 15 is 0 Å². The molecule has 0 saturated carbocycles. The van der Waals surface area contributed by atoms with Crippen molar-refractivity contribution in [3.63, 3.8) is 0 Å². The second-order valence-corrected chi connectivity index (χ2v) is 7.84. The molecule has 1 fully saturated rings. The maximum absolute atomic E-state index is 14.6. The highest BCUT2D eigenvalue weighted by atomic mass is 19.1. The van der Waals surface area contributed by atoms with Crippen molar-refractivity contribution >= 4 is 0 Å². The fourth-order valence-corrected chi connectivity index (χ4v) is 4.07. The monoisotopic (exact) mass is 400 g/mol. The van der Waals surface area contributed by atoms with Crippen molar-refractivity contribution in [3.8, 4) is 5.75 Å². The molecule has 0 radical (unpaired) electrons. The minimum absolute atomic E-state index is 0.0582. The molecule has 29 heavy (non-hydrogen) atoms. The van der Waals surface area contributed by atoms with Crippen molar-refractivity contribution in [1.82, 2.24) is 0 Å². The quantitative estimate of drug-likeness (QED) is 0.593. The van der Waals surface area contributed by atoms with Gasteiger partial charge in [0.15, 0.2) is 17.4 Å². The first-order chi connectivity index (χ1) is 14.0. The SMILES string of the molecule is CC(Cc1cc(F)c(OCc2ccccc2)cc1F)C1=CCC2(CC1)OCCO2. The van der Waals surface area contributed by atoms with Crippen LogP contribution in [-0.2, 0) is 22.5 Å². The summed E-state index contributed by atoms with van der Waals surface area (Å²) in [5.74, 6) is -1.36. The molecule has 1 saturated heterocycles. The van der Waals surface area contributed by atoms with E-state index in [2.05, 4.69) is 13.0 Å². The van der Waals surface area contributed by atoms with Gasteiger partial charge in [0, 0.05) is 18.9 Å². The number of rotatable bonds is 6. The van der Waals surface area contributed by atoms with Gasteiger partial charge in [-0.1, -0.05) is 48.9 Å². The van der Waals surface area contributed by atoms with Crippen LogP contribution in [0.4, 0.5) is 8.78 Å². The zero-order chi connectivity index (χ0) is 20.3. The van der Waals surface area contributed by atoms with Gasteiger partial charge in [-0.25, -0.2) is 8.78 Å². The molecule has 0 N–H and O–H groups in total. The predicted octanol–water partition coefficient (Wildman–Crippen LogP) is 5.58. The van der Waals surface area contributed by atoms with Crippen molar-refractivity contribution in [2.45, 2.75) is 45.0 Å². The van der Waals surface area contributed by atoms with Crippen molar-refractivity contribution in [1.29, 1.82) is 0 Å². The Balaban J connectivity index is 1.39. The molecule has 0 bridgehead atoms. The van der Waals surface area contributed by atoms with Gasteiger partial charge in [0.1, 0.15) is 12.4 Å². The van der Waals surface area contributed by atoms with Crippen LogP contribution in [0.1, 0.15) is 37.3 Å². The number of allylic oxidation sites excluding steroid dienone is 1. The van der Waals surface area contributed by atoms with Gasteiger partial charge in [-0.2, -0.15) is 0 Å². The Morgan fingerprint density at radius 3 is 2.52 bits per heavy atom. The largest absolute Gasteiger partial charge is 0.486 e. The Morgan fingerprint density at radius 2 is 1.83 bits per heavy atom. The van der Waals surface area contributed by atoms with Gasteiger partial charge in [0.05, 0.1) is 13.2 Å². The summed E-state index contributed by atoms with van der Waals surface area (Å²) in [7, 11) is 0. The Hall–Kier alpha value is -2.24. The van der Waals surface area contributed by atoms with E-state index in [0.717, 1.165) is 30.9 Å². The second kappa shape index (κ2) is 8.64. The van der Waals surface area contributed by atoms with Gasteiger partial charge in [-0.05, 0) is 36.0 Å². The highest BCUT2D eigenvalue weighted by Crippen LogP contribution is 2.38. The third kappa shape index (κ3) is 4.68. The summed E-state index contributed by atoms with van der Waals surface area (Å²) in [5, 5.41) is 0. The maximum atomic E-state index is 14.6. The minimum Gasteiger partial charge on any atom is -0.486 e. The Labute approximate surface area is 170 Å². The fourth-order valence-electron chi connectivity index (χ4n) is 4.07. The summed E-state index contributed by atoms with van der Waals surface area (Å²) < 4.78 is 46.1. The van der Waals surface area contributed by atoms with Crippen LogP contribution in [0.15, 0.2) is 54.1 Å². The summed E-state index contributed by atoms with van der Waals surface area (Å²) in [4.78, 5) is 0. The standard InChI is InChI=1S/C24H26F2O3/c1-17(19-7-9-24(10-8-19)28-11-12-29-24)13-20-14-22(26)23(15-21(20)25)27-16-18-5-3-2-4-6-18/h2-7,14-15,17H,8-13,16H2,1H3. The molecule has 2 aromatic rings. The van der Waals surface area contributed by atoms with E-state index < -0.39 is 17.4 Å². The van der Waals surface area contributed by atoms with Crippen LogP contribution >= 0.6 is 0 Å². The highest BCUT2D eigenvalue weighted by molar-refractivity contribution is 5.32. The van der Waals surface area contributed by atoms with Gasteiger partial charge >= 0.3 is 0 Å². The first kappa shape index (κ1) is 20.0. The molecule has 5 heteroatoms. The van der Waals surface area contributed by atoms with E-state index in [1.54, 1.807) is 0 Å². The van der Waals surface area contributed by atoms with Gasteiger partial charge in [-0.15, -0.1) is 0 Å². The lowest BCUT2D eigenvalue weighted by molar-refractivity contribution is -0.161. The molecular formula is C24H26F2O3. The smallest absolute Gasteiger partial charge is 0.172 e. The summed E-state index contributed by atoms with van der Waals surface area (Å²) in [6.07, 6.45) is 4.97. The number of hydrogen-bond donors (Lipinski definition) is 0. The van der Waals surface area contributed by atoms with Crippen LogP contribution in [0.2, 0.25) is 0 Å². The molecule has 1 heterocycles.